The van der Waals surface area contributed by atoms with Crippen molar-refractivity contribution in [1.82, 2.24) is 0 Å². The fourth-order valence-electron chi connectivity index (χ4n) is 3.45. The fraction of sp³-hybridized carbons (Fsp3) is 0.318. The minimum atomic E-state index is -1.55. The molecule has 4 N–H and O–H groups in total. The SMILES string of the molecule is COc1ccc(-c2coc3cc(O[C@@H]4O[C@@H](CO)[C@@H](O)[C@H](O)[C@@H]4O)ccc3c2=O)cc1. The van der Waals surface area contributed by atoms with Crippen molar-refractivity contribution in [3.05, 3.63) is 59.0 Å². The van der Waals surface area contributed by atoms with E-state index in [1.807, 2.05) is 0 Å². The molecule has 1 fully saturated rings. The van der Waals surface area contributed by atoms with E-state index in [1.165, 1.54) is 24.5 Å². The van der Waals surface area contributed by atoms with E-state index in [-0.39, 0.29) is 16.8 Å². The van der Waals surface area contributed by atoms with Crippen LogP contribution in [0.4, 0.5) is 0 Å². The number of ether oxygens (including phenoxy) is 3. The van der Waals surface area contributed by atoms with Crippen molar-refractivity contribution >= 4 is 11.0 Å². The zero-order valence-corrected chi connectivity index (χ0v) is 16.5. The number of rotatable bonds is 5. The summed E-state index contributed by atoms with van der Waals surface area (Å²) in [7, 11) is 1.56. The Morgan fingerprint density at radius 1 is 0.968 bits per heavy atom. The number of methoxy groups -OCH3 is 1. The Labute approximate surface area is 176 Å². The van der Waals surface area contributed by atoms with E-state index in [1.54, 1.807) is 31.4 Å². The Morgan fingerprint density at radius 3 is 2.35 bits per heavy atom. The lowest BCUT2D eigenvalue weighted by atomic mass is 9.99. The van der Waals surface area contributed by atoms with Crippen LogP contribution in [0.25, 0.3) is 22.1 Å². The number of benzene rings is 2. The van der Waals surface area contributed by atoms with Crippen LogP contribution in [0.15, 0.2) is 57.9 Å². The van der Waals surface area contributed by atoms with Gasteiger partial charge in [-0.15, -0.1) is 0 Å². The van der Waals surface area contributed by atoms with Gasteiger partial charge in [-0.1, -0.05) is 12.1 Å². The molecule has 9 heteroatoms. The van der Waals surface area contributed by atoms with E-state index in [4.69, 9.17) is 18.6 Å². The van der Waals surface area contributed by atoms with Gasteiger partial charge in [0.15, 0.2) is 5.43 Å². The highest BCUT2D eigenvalue weighted by molar-refractivity contribution is 5.82. The van der Waals surface area contributed by atoms with Crippen LogP contribution >= 0.6 is 0 Å². The molecule has 0 amide bonds. The summed E-state index contributed by atoms with van der Waals surface area (Å²) in [4.78, 5) is 12.9. The van der Waals surface area contributed by atoms with Crippen LogP contribution in [0.1, 0.15) is 0 Å². The molecule has 3 aromatic rings. The predicted octanol–water partition coefficient (Wildman–Crippen LogP) is 0.647. The molecule has 1 aromatic heterocycles. The lowest BCUT2D eigenvalue weighted by Gasteiger charge is -2.39. The highest BCUT2D eigenvalue weighted by Crippen LogP contribution is 2.28. The molecular formula is C22H22O9. The number of aliphatic hydroxyl groups excluding tert-OH is 4. The van der Waals surface area contributed by atoms with Gasteiger partial charge in [-0.25, -0.2) is 0 Å². The van der Waals surface area contributed by atoms with Gasteiger partial charge in [0.1, 0.15) is 47.8 Å². The number of hydrogen-bond acceptors (Lipinski definition) is 9. The third kappa shape index (κ3) is 4.01. The second-order valence-electron chi connectivity index (χ2n) is 7.18. The first kappa shape index (κ1) is 21.3. The fourth-order valence-corrected chi connectivity index (χ4v) is 3.45. The first-order chi connectivity index (χ1) is 14.9. The van der Waals surface area contributed by atoms with E-state index in [2.05, 4.69) is 0 Å². The van der Waals surface area contributed by atoms with Crippen molar-refractivity contribution in [2.45, 2.75) is 30.7 Å². The highest BCUT2D eigenvalue weighted by Gasteiger charge is 2.44. The Morgan fingerprint density at radius 2 is 1.68 bits per heavy atom. The van der Waals surface area contributed by atoms with E-state index < -0.39 is 37.3 Å². The normalized spacial score (nSPS) is 26.0. The highest BCUT2D eigenvalue weighted by atomic mass is 16.7. The maximum Gasteiger partial charge on any atom is 0.229 e. The molecular weight excluding hydrogens is 408 g/mol. The lowest BCUT2D eigenvalue weighted by Crippen LogP contribution is -2.60. The summed E-state index contributed by atoms with van der Waals surface area (Å²) in [6.45, 7) is -0.564. The summed E-state index contributed by atoms with van der Waals surface area (Å²) in [6.07, 6.45) is -5.65. The molecule has 0 aliphatic carbocycles. The van der Waals surface area contributed by atoms with Crippen LogP contribution in [-0.4, -0.2) is 64.8 Å². The third-order valence-electron chi connectivity index (χ3n) is 5.25. The quantitative estimate of drug-likeness (QED) is 0.459. The standard InChI is InChI=1S/C22H22O9/c1-28-12-4-2-11(3-5-12)15-10-29-16-8-13(6-7-14(16)18(15)24)30-22-21(27)20(26)19(25)17(9-23)31-22/h2-8,10,17,19-23,25-27H,9H2,1H3/t17-,19+,20-,21-,22+/m0/s1. The second kappa shape index (κ2) is 8.66. The average molecular weight is 430 g/mol. The average Bonchev–Trinajstić information content (AvgIpc) is 2.80. The summed E-state index contributed by atoms with van der Waals surface area (Å²) in [5.74, 6) is 0.876. The molecule has 1 saturated heterocycles. The Hall–Kier alpha value is -2.95. The Bertz CT molecular complexity index is 1110. The monoisotopic (exact) mass is 430 g/mol. The molecule has 9 nitrogen and oxygen atoms in total. The molecule has 2 heterocycles. The minimum Gasteiger partial charge on any atom is -0.497 e. The summed E-state index contributed by atoms with van der Waals surface area (Å²) >= 11 is 0. The molecule has 0 radical (unpaired) electrons. The van der Waals surface area contributed by atoms with Gasteiger partial charge in [-0.05, 0) is 29.8 Å². The van der Waals surface area contributed by atoms with Crippen molar-refractivity contribution < 1.29 is 39.1 Å². The molecule has 4 rings (SSSR count). The minimum absolute atomic E-state index is 0.206. The van der Waals surface area contributed by atoms with E-state index in [9.17, 15) is 25.2 Å². The van der Waals surface area contributed by atoms with Crippen molar-refractivity contribution in [3.63, 3.8) is 0 Å². The molecule has 164 valence electrons. The molecule has 1 aliphatic heterocycles. The van der Waals surface area contributed by atoms with Gasteiger partial charge in [-0.2, -0.15) is 0 Å². The zero-order chi connectivity index (χ0) is 22.1. The zero-order valence-electron chi connectivity index (χ0n) is 16.5. The van der Waals surface area contributed by atoms with Gasteiger partial charge in [0, 0.05) is 6.07 Å². The van der Waals surface area contributed by atoms with Crippen molar-refractivity contribution in [2.75, 3.05) is 13.7 Å². The van der Waals surface area contributed by atoms with Crippen LogP contribution in [0.3, 0.4) is 0 Å². The number of hydrogen-bond donors (Lipinski definition) is 4. The maximum absolute atomic E-state index is 12.9. The first-order valence-electron chi connectivity index (χ1n) is 9.60. The Balaban J connectivity index is 1.61. The van der Waals surface area contributed by atoms with Crippen LogP contribution in [0, 0.1) is 0 Å². The van der Waals surface area contributed by atoms with E-state index in [0.717, 1.165) is 0 Å². The molecule has 0 bridgehead atoms. The molecule has 0 saturated carbocycles. The first-order valence-corrected chi connectivity index (χ1v) is 9.60. The summed E-state index contributed by atoms with van der Waals surface area (Å²) in [6, 6.07) is 11.5. The predicted molar refractivity (Wildman–Crippen MR) is 109 cm³/mol. The molecule has 31 heavy (non-hydrogen) atoms. The van der Waals surface area contributed by atoms with E-state index in [0.29, 0.717) is 22.3 Å². The molecule has 0 spiro atoms. The van der Waals surface area contributed by atoms with E-state index >= 15 is 0 Å². The van der Waals surface area contributed by atoms with Crippen molar-refractivity contribution in [1.29, 1.82) is 0 Å². The topological polar surface area (TPSA) is 139 Å². The number of aliphatic hydroxyl groups is 4. The van der Waals surface area contributed by atoms with Gasteiger partial charge in [-0.3, -0.25) is 4.79 Å². The summed E-state index contributed by atoms with van der Waals surface area (Å²) in [5, 5.41) is 39.5. The van der Waals surface area contributed by atoms with Gasteiger partial charge >= 0.3 is 0 Å². The molecule has 1 aliphatic rings. The molecule has 5 atom stereocenters. The van der Waals surface area contributed by atoms with Crippen LogP contribution in [0.5, 0.6) is 11.5 Å². The van der Waals surface area contributed by atoms with Crippen LogP contribution in [-0.2, 0) is 4.74 Å². The smallest absolute Gasteiger partial charge is 0.229 e. The second-order valence-corrected chi connectivity index (χ2v) is 7.18. The number of fused-ring (bicyclic) bond motifs is 1. The van der Waals surface area contributed by atoms with Crippen LogP contribution in [0.2, 0.25) is 0 Å². The third-order valence-corrected chi connectivity index (χ3v) is 5.25. The van der Waals surface area contributed by atoms with Gasteiger partial charge < -0.3 is 39.1 Å². The lowest BCUT2D eigenvalue weighted by molar-refractivity contribution is -0.277. The Kier molecular flexibility index (Phi) is 5.94. The van der Waals surface area contributed by atoms with Crippen molar-refractivity contribution in [2.24, 2.45) is 0 Å². The van der Waals surface area contributed by atoms with Crippen molar-refractivity contribution in [3.8, 4) is 22.6 Å². The maximum atomic E-state index is 12.9. The van der Waals surface area contributed by atoms with Gasteiger partial charge in [0.2, 0.25) is 6.29 Å². The van der Waals surface area contributed by atoms with Gasteiger partial charge in [0.25, 0.3) is 0 Å². The molecule has 2 aromatic carbocycles. The van der Waals surface area contributed by atoms with Gasteiger partial charge in [0.05, 0.1) is 24.7 Å². The summed E-state index contributed by atoms with van der Waals surface area (Å²) in [5.41, 5.74) is 1.09. The molecule has 0 unspecified atom stereocenters. The largest absolute Gasteiger partial charge is 0.497 e. The van der Waals surface area contributed by atoms with Crippen LogP contribution < -0.4 is 14.9 Å². The summed E-state index contributed by atoms with van der Waals surface area (Å²) < 4.78 is 21.7.